The van der Waals surface area contributed by atoms with Gasteiger partial charge in [-0.05, 0) is 37.8 Å². The number of rotatable bonds is 4. The zero-order valence-electron chi connectivity index (χ0n) is 16.6. The van der Waals surface area contributed by atoms with Gasteiger partial charge < -0.3 is 13.3 Å². The van der Waals surface area contributed by atoms with Gasteiger partial charge in [0.2, 0.25) is 0 Å². The minimum atomic E-state index is -0.0965. The van der Waals surface area contributed by atoms with Gasteiger partial charge in [-0.25, -0.2) is 9.97 Å². The zero-order valence-corrected chi connectivity index (χ0v) is 18.7. The Morgan fingerprint density at radius 1 is 1.27 bits per heavy atom. The summed E-state index contributed by atoms with van der Waals surface area (Å²) in [6.45, 7) is 0. The summed E-state index contributed by atoms with van der Waals surface area (Å²) in [4.78, 5) is 25.0. The Morgan fingerprint density at radius 2 is 2.07 bits per heavy atom. The minimum Gasteiger partial charge on any atom is -0.469 e. The number of fused-ring (bicyclic) bond motifs is 2. The number of carbonyl (C=O) groups is 1. The summed E-state index contributed by atoms with van der Waals surface area (Å²) < 4.78 is 10.3. The number of hydrogen-bond acceptors (Lipinski definition) is 5. The lowest BCUT2D eigenvalue weighted by molar-refractivity contribution is -0.146. The number of methoxy groups -OCH3 is 1. The second-order valence-electron chi connectivity index (χ2n) is 7.75. The Hall–Kier alpha value is -2.62. The van der Waals surface area contributed by atoms with Crippen LogP contribution in [0.1, 0.15) is 37.4 Å². The summed E-state index contributed by atoms with van der Waals surface area (Å²) in [5.74, 6) is 2.01. The summed E-state index contributed by atoms with van der Waals surface area (Å²) >= 11 is 2.11. The minimum absolute atomic E-state index is 0.00102. The fraction of sp³-hybridized carbons (Fsp3) is 0.318. The van der Waals surface area contributed by atoms with E-state index in [-0.39, 0.29) is 11.9 Å². The highest BCUT2D eigenvalue weighted by molar-refractivity contribution is 14.1. The molecule has 1 fully saturated rings. The van der Waals surface area contributed by atoms with Crippen molar-refractivity contribution < 1.29 is 9.53 Å². The Balaban J connectivity index is 1.59. The number of esters is 1. The Bertz CT molecular complexity index is 1190. The number of H-pyrrole nitrogens is 1. The molecule has 0 saturated heterocycles. The van der Waals surface area contributed by atoms with Gasteiger partial charge in [-0.15, -0.1) is 0 Å². The number of aromatic amines is 1. The molecule has 1 aliphatic rings. The Kier molecular flexibility index (Phi) is 5.10. The lowest BCUT2D eigenvalue weighted by Gasteiger charge is -2.26. The highest BCUT2D eigenvalue weighted by atomic mass is 127. The summed E-state index contributed by atoms with van der Waals surface area (Å²) in [6, 6.07) is 10.4. The van der Waals surface area contributed by atoms with Gasteiger partial charge in [0.25, 0.3) is 0 Å². The standard InChI is InChI=1S/C22H22IN5O2/c1-30-22(29)14-8-6-13(7-9-14)21-26-18(19-20(27-23)24-10-11-28(19)21)17-12-15-4-2-3-5-16(15)25-17/h2-5,10-14,25H,6-9H2,1H3,(H,24,27). The van der Waals surface area contributed by atoms with Gasteiger partial charge in [-0.1, -0.05) is 18.2 Å². The number of aromatic nitrogens is 4. The first-order valence-corrected chi connectivity index (χ1v) is 11.2. The van der Waals surface area contributed by atoms with E-state index in [1.807, 2.05) is 18.3 Å². The second-order valence-corrected chi connectivity index (χ2v) is 8.29. The number of para-hydroxylation sites is 1. The lowest BCUT2D eigenvalue weighted by atomic mass is 9.81. The van der Waals surface area contributed by atoms with Crippen LogP contribution >= 0.6 is 22.9 Å². The largest absolute Gasteiger partial charge is 0.469 e. The summed E-state index contributed by atoms with van der Waals surface area (Å²) in [5.41, 5.74) is 3.91. The molecule has 0 radical (unpaired) electrons. The molecule has 0 bridgehead atoms. The third-order valence-electron chi connectivity index (χ3n) is 6.08. The van der Waals surface area contributed by atoms with Crippen molar-refractivity contribution in [2.24, 2.45) is 5.92 Å². The number of imidazole rings is 1. The number of benzene rings is 1. The molecular weight excluding hydrogens is 493 g/mol. The van der Waals surface area contributed by atoms with Crippen molar-refractivity contribution in [1.29, 1.82) is 0 Å². The molecule has 3 aromatic heterocycles. The van der Waals surface area contributed by atoms with E-state index in [1.54, 1.807) is 6.20 Å². The predicted molar refractivity (Wildman–Crippen MR) is 125 cm³/mol. The number of anilines is 1. The molecule has 154 valence electrons. The van der Waals surface area contributed by atoms with Crippen LogP contribution in [0.3, 0.4) is 0 Å². The number of ether oxygens (including phenoxy) is 1. The van der Waals surface area contributed by atoms with Crippen LogP contribution in [0, 0.1) is 5.92 Å². The van der Waals surface area contributed by atoms with Crippen LogP contribution in [-0.4, -0.2) is 32.4 Å². The van der Waals surface area contributed by atoms with Crippen LogP contribution in [0.4, 0.5) is 5.82 Å². The van der Waals surface area contributed by atoms with E-state index in [1.165, 1.54) is 7.11 Å². The van der Waals surface area contributed by atoms with Gasteiger partial charge in [-0.3, -0.25) is 9.20 Å². The smallest absolute Gasteiger partial charge is 0.308 e. The molecule has 0 spiro atoms. The molecule has 4 aromatic rings. The monoisotopic (exact) mass is 515 g/mol. The molecule has 8 heteroatoms. The highest BCUT2D eigenvalue weighted by Crippen LogP contribution is 2.39. The van der Waals surface area contributed by atoms with E-state index in [2.05, 4.69) is 59.0 Å². The van der Waals surface area contributed by atoms with Crippen LogP contribution in [-0.2, 0) is 9.53 Å². The first-order valence-electron chi connectivity index (χ1n) is 10.1. The van der Waals surface area contributed by atoms with Gasteiger partial charge in [0, 0.05) is 29.2 Å². The van der Waals surface area contributed by atoms with Gasteiger partial charge in [0.1, 0.15) is 17.0 Å². The quantitative estimate of drug-likeness (QED) is 0.225. The molecule has 0 atom stereocenters. The number of hydrogen-bond donors (Lipinski definition) is 2. The molecule has 0 aliphatic heterocycles. The fourth-order valence-electron chi connectivity index (χ4n) is 4.56. The Labute approximate surface area is 187 Å². The molecule has 30 heavy (non-hydrogen) atoms. The summed E-state index contributed by atoms with van der Waals surface area (Å²) in [7, 11) is 1.47. The maximum absolute atomic E-state index is 11.9. The van der Waals surface area contributed by atoms with E-state index >= 15 is 0 Å². The molecule has 3 heterocycles. The molecular formula is C22H22IN5O2. The molecule has 2 N–H and O–H groups in total. The summed E-state index contributed by atoms with van der Waals surface area (Å²) in [5, 5.41) is 1.15. The fourth-order valence-corrected chi connectivity index (χ4v) is 4.96. The van der Waals surface area contributed by atoms with Crippen molar-refractivity contribution in [1.82, 2.24) is 19.4 Å². The molecule has 1 saturated carbocycles. The van der Waals surface area contributed by atoms with E-state index in [0.717, 1.165) is 65.1 Å². The normalized spacial score (nSPS) is 19.3. The number of nitrogens with zero attached hydrogens (tertiary/aromatic N) is 3. The average Bonchev–Trinajstić information content (AvgIpc) is 3.40. The van der Waals surface area contributed by atoms with E-state index in [4.69, 9.17) is 9.72 Å². The van der Waals surface area contributed by atoms with Gasteiger partial charge in [0.15, 0.2) is 5.82 Å². The summed E-state index contributed by atoms with van der Waals surface area (Å²) in [6.07, 6.45) is 7.27. The van der Waals surface area contributed by atoms with E-state index in [9.17, 15) is 4.79 Å². The van der Waals surface area contributed by atoms with Crippen LogP contribution in [0.15, 0.2) is 42.7 Å². The number of halogens is 1. The number of carbonyl (C=O) groups excluding carboxylic acids is 1. The van der Waals surface area contributed by atoms with Crippen molar-refractivity contribution in [3.05, 3.63) is 48.5 Å². The third kappa shape index (κ3) is 3.23. The Morgan fingerprint density at radius 3 is 2.80 bits per heavy atom. The van der Waals surface area contributed by atoms with Crippen LogP contribution in [0.5, 0.6) is 0 Å². The molecule has 0 amide bonds. The maximum Gasteiger partial charge on any atom is 0.308 e. The van der Waals surface area contributed by atoms with Gasteiger partial charge in [-0.2, -0.15) is 0 Å². The average molecular weight is 515 g/mol. The molecule has 0 unspecified atom stereocenters. The first-order chi connectivity index (χ1) is 14.7. The molecule has 1 aliphatic carbocycles. The number of nitrogens with one attached hydrogen (secondary N) is 2. The van der Waals surface area contributed by atoms with Crippen molar-refractivity contribution in [3.63, 3.8) is 0 Å². The molecule has 5 rings (SSSR count). The van der Waals surface area contributed by atoms with E-state index < -0.39 is 0 Å². The van der Waals surface area contributed by atoms with Crippen molar-refractivity contribution in [3.8, 4) is 11.4 Å². The van der Waals surface area contributed by atoms with Crippen LogP contribution in [0.25, 0.3) is 27.8 Å². The molecule has 1 aromatic carbocycles. The zero-order chi connectivity index (χ0) is 20.7. The second kappa shape index (κ2) is 7.90. The first kappa shape index (κ1) is 19.3. The highest BCUT2D eigenvalue weighted by Gasteiger charge is 2.31. The molecule has 7 nitrogen and oxygen atoms in total. The van der Waals surface area contributed by atoms with E-state index in [0.29, 0.717) is 5.92 Å². The van der Waals surface area contributed by atoms with Crippen molar-refractivity contribution in [2.75, 3.05) is 10.6 Å². The SMILES string of the molecule is COC(=O)C1CCC(c2nc(-c3cc4ccccc4[nH]3)c3c(NI)nccn23)CC1. The van der Waals surface area contributed by atoms with Gasteiger partial charge >= 0.3 is 5.97 Å². The van der Waals surface area contributed by atoms with Crippen molar-refractivity contribution in [2.45, 2.75) is 31.6 Å². The maximum atomic E-state index is 11.9. The van der Waals surface area contributed by atoms with Crippen LogP contribution < -0.4 is 3.53 Å². The topological polar surface area (TPSA) is 84.3 Å². The van der Waals surface area contributed by atoms with Gasteiger partial charge in [0.05, 0.1) is 41.6 Å². The van der Waals surface area contributed by atoms with Crippen LogP contribution in [0.2, 0.25) is 0 Å². The predicted octanol–water partition coefficient (Wildman–Crippen LogP) is 5.09. The lowest BCUT2D eigenvalue weighted by Crippen LogP contribution is -2.23. The third-order valence-corrected chi connectivity index (χ3v) is 6.59. The van der Waals surface area contributed by atoms with Crippen molar-refractivity contribution >= 4 is 51.1 Å².